The Bertz CT molecular complexity index is 619. The highest BCUT2D eigenvalue weighted by Crippen LogP contribution is 2.17. The van der Waals surface area contributed by atoms with Crippen molar-refractivity contribution in [2.45, 2.75) is 6.61 Å². The minimum absolute atomic E-state index is 0.273. The second-order valence-corrected chi connectivity index (χ2v) is 4.14. The molecule has 0 saturated heterocycles. The standard InChI is InChI=1S/C16H14O4/c1-19-16(18)13-7-4-5-12(9-13)11-20-15-8-3-2-6-14(15)10-17/h2-10H,11H2,1H3. The van der Waals surface area contributed by atoms with E-state index in [0.717, 1.165) is 11.8 Å². The number of para-hydroxylation sites is 1. The second kappa shape index (κ2) is 6.52. The van der Waals surface area contributed by atoms with E-state index in [-0.39, 0.29) is 12.6 Å². The van der Waals surface area contributed by atoms with E-state index in [4.69, 9.17) is 4.74 Å². The fourth-order valence-electron chi connectivity index (χ4n) is 1.78. The molecule has 4 heteroatoms. The normalized spacial score (nSPS) is 9.85. The van der Waals surface area contributed by atoms with Gasteiger partial charge in [-0.1, -0.05) is 24.3 Å². The van der Waals surface area contributed by atoms with E-state index in [2.05, 4.69) is 4.74 Å². The lowest BCUT2D eigenvalue weighted by molar-refractivity contribution is 0.0600. The predicted octanol–water partition coefficient (Wildman–Crippen LogP) is 2.86. The molecule has 0 spiro atoms. The van der Waals surface area contributed by atoms with E-state index in [0.29, 0.717) is 16.9 Å². The van der Waals surface area contributed by atoms with Gasteiger partial charge in [0.25, 0.3) is 0 Å². The molecule has 0 atom stereocenters. The largest absolute Gasteiger partial charge is 0.488 e. The SMILES string of the molecule is COC(=O)c1cccc(COc2ccccc2C=O)c1. The maximum absolute atomic E-state index is 11.4. The molecule has 102 valence electrons. The lowest BCUT2D eigenvalue weighted by Gasteiger charge is -2.09. The van der Waals surface area contributed by atoms with E-state index in [1.807, 2.05) is 6.07 Å². The topological polar surface area (TPSA) is 52.6 Å². The zero-order chi connectivity index (χ0) is 14.4. The Morgan fingerprint density at radius 3 is 2.70 bits per heavy atom. The van der Waals surface area contributed by atoms with Gasteiger partial charge in [0.15, 0.2) is 6.29 Å². The fraction of sp³-hybridized carbons (Fsp3) is 0.125. The molecule has 0 aliphatic heterocycles. The van der Waals surface area contributed by atoms with Crippen LogP contribution in [0.4, 0.5) is 0 Å². The first kappa shape index (κ1) is 13.8. The Morgan fingerprint density at radius 2 is 1.95 bits per heavy atom. The minimum atomic E-state index is -0.389. The van der Waals surface area contributed by atoms with Crippen LogP contribution in [0, 0.1) is 0 Å². The van der Waals surface area contributed by atoms with Crippen molar-refractivity contribution in [1.29, 1.82) is 0 Å². The Labute approximate surface area is 116 Å². The van der Waals surface area contributed by atoms with E-state index >= 15 is 0 Å². The average molecular weight is 270 g/mol. The molecule has 0 saturated carbocycles. The highest BCUT2D eigenvalue weighted by molar-refractivity contribution is 5.89. The van der Waals surface area contributed by atoms with Gasteiger partial charge in [0, 0.05) is 0 Å². The van der Waals surface area contributed by atoms with Crippen LogP contribution < -0.4 is 4.74 Å². The second-order valence-electron chi connectivity index (χ2n) is 4.14. The van der Waals surface area contributed by atoms with E-state index in [1.54, 1.807) is 42.5 Å². The smallest absolute Gasteiger partial charge is 0.337 e. The van der Waals surface area contributed by atoms with Gasteiger partial charge in [-0.3, -0.25) is 4.79 Å². The first-order valence-electron chi connectivity index (χ1n) is 6.09. The van der Waals surface area contributed by atoms with Crippen molar-refractivity contribution < 1.29 is 19.1 Å². The van der Waals surface area contributed by atoms with Gasteiger partial charge in [-0.2, -0.15) is 0 Å². The molecule has 2 aromatic rings. The molecule has 2 aromatic carbocycles. The third kappa shape index (κ3) is 3.23. The fourth-order valence-corrected chi connectivity index (χ4v) is 1.78. The van der Waals surface area contributed by atoms with Crippen molar-refractivity contribution in [3.8, 4) is 5.75 Å². The molecule has 0 heterocycles. The molecule has 0 aliphatic rings. The molecule has 0 fully saturated rings. The first-order chi connectivity index (χ1) is 9.74. The van der Waals surface area contributed by atoms with E-state index < -0.39 is 0 Å². The van der Waals surface area contributed by atoms with Crippen molar-refractivity contribution in [3.63, 3.8) is 0 Å². The molecule has 0 bridgehead atoms. The number of carbonyl (C=O) groups excluding carboxylic acids is 2. The number of ether oxygens (including phenoxy) is 2. The quantitative estimate of drug-likeness (QED) is 0.619. The summed E-state index contributed by atoms with van der Waals surface area (Å²) in [4.78, 5) is 22.3. The van der Waals surface area contributed by atoms with Gasteiger partial charge in [0.05, 0.1) is 18.2 Å². The van der Waals surface area contributed by atoms with Gasteiger partial charge in [0.1, 0.15) is 12.4 Å². The van der Waals surface area contributed by atoms with Crippen molar-refractivity contribution in [2.75, 3.05) is 7.11 Å². The van der Waals surface area contributed by atoms with E-state index in [9.17, 15) is 9.59 Å². The molecule has 4 nitrogen and oxygen atoms in total. The molecule has 2 rings (SSSR count). The van der Waals surface area contributed by atoms with Crippen LogP contribution >= 0.6 is 0 Å². The van der Waals surface area contributed by atoms with Crippen molar-refractivity contribution in [1.82, 2.24) is 0 Å². The molecular formula is C16H14O4. The average Bonchev–Trinajstić information content (AvgIpc) is 2.52. The Morgan fingerprint density at radius 1 is 1.15 bits per heavy atom. The van der Waals surface area contributed by atoms with Gasteiger partial charge >= 0.3 is 5.97 Å². The number of hydrogen-bond donors (Lipinski definition) is 0. The van der Waals surface area contributed by atoms with Gasteiger partial charge in [-0.25, -0.2) is 4.79 Å². The van der Waals surface area contributed by atoms with Crippen LogP contribution in [0.25, 0.3) is 0 Å². The summed E-state index contributed by atoms with van der Waals surface area (Å²) in [6.07, 6.45) is 0.750. The summed E-state index contributed by atoms with van der Waals surface area (Å²) in [5, 5.41) is 0. The molecule has 0 aromatic heterocycles. The maximum atomic E-state index is 11.4. The van der Waals surface area contributed by atoms with Gasteiger partial charge in [-0.05, 0) is 29.8 Å². The van der Waals surface area contributed by atoms with Crippen LogP contribution in [0.1, 0.15) is 26.3 Å². The summed E-state index contributed by atoms with van der Waals surface area (Å²) in [5.74, 6) is 0.131. The monoisotopic (exact) mass is 270 g/mol. The van der Waals surface area contributed by atoms with E-state index in [1.165, 1.54) is 7.11 Å². The van der Waals surface area contributed by atoms with Crippen molar-refractivity contribution in [3.05, 3.63) is 65.2 Å². The third-order valence-corrected chi connectivity index (χ3v) is 2.79. The van der Waals surface area contributed by atoms with Crippen LogP contribution in [0.2, 0.25) is 0 Å². The van der Waals surface area contributed by atoms with Gasteiger partial charge in [0.2, 0.25) is 0 Å². The lowest BCUT2D eigenvalue weighted by Crippen LogP contribution is -2.03. The zero-order valence-electron chi connectivity index (χ0n) is 11.0. The van der Waals surface area contributed by atoms with Crippen LogP contribution in [0.5, 0.6) is 5.75 Å². The minimum Gasteiger partial charge on any atom is -0.488 e. The molecule has 20 heavy (non-hydrogen) atoms. The third-order valence-electron chi connectivity index (χ3n) is 2.79. The summed E-state index contributed by atoms with van der Waals surface area (Å²) >= 11 is 0. The number of hydrogen-bond acceptors (Lipinski definition) is 4. The molecule has 0 N–H and O–H groups in total. The molecule has 0 unspecified atom stereocenters. The summed E-state index contributed by atoms with van der Waals surface area (Å²) < 4.78 is 10.3. The Balaban J connectivity index is 2.11. The maximum Gasteiger partial charge on any atom is 0.337 e. The number of benzene rings is 2. The summed E-state index contributed by atoms with van der Waals surface area (Å²) in [6.45, 7) is 0.273. The zero-order valence-corrected chi connectivity index (χ0v) is 11.0. The molecular weight excluding hydrogens is 256 g/mol. The van der Waals surface area contributed by atoms with Gasteiger partial charge in [-0.15, -0.1) is 0 Å². The number of aldehydes is 1. The van der Waals surface area contributed by atoms with Crippen LogP contribution in [-0.2, 0) is 11.3 Å². The lowest BCUT2D eigenvalue weighted by atomic mass is 10.1. The number of carbonyl (C=O) groups is 2. The Kier molecular flexibility index (Phi) is 4.50. The molecule has 0 aliphatic carbocycles. The van der Waals surface area contributed by atoms with Crippen molar-refractivity contribution >= 4 is 12.3 Å². The van der Waals surface area contributed by atoms with Gasteiger partial charge < -0.3 is 9.47 Å². The molecule has 0 radical (unpaired) electrons. The van der Waals surface area contributed by atoms with Crippen LogP contribution in [0.3, 0.4) is 0 Å². The van der Waals surface area contributed by atoms with Crippen molar-refractivity contribution in [2.24, 2.45) is 0 Å². The highest BCUT2D eigenvalue weighted by atomic mass is 16.5. The number of rotatable bonds is 5. The Hall–Kier alpha value is -2.62. The number of esters is 1. The highest BCUT2D eigenvalue weighted by Gasteiger charge is 2.07. The first-order valence-corrected chi connectivity index (χ1v) is 6.09. The van der Waals surface area contributed by atoms with Crippen LogP contribution in [0.15, 0.2) is 48.5 Å². The summed E-state index contributed by atoms with van der Waals surface area (Å²) in [5.41, 5.74) is 1.79. The van der Waals surface area contributed by atoms with Crippen LogP contribution in [-0.4, -0.2) is 19.4 Å². The summed E-state index contributed by atoms with van der Waals surface area (Å²) in [6, 6.07) is 14.0. The molecule has 0 amide bonds. The predicted molar refractivity (Wildman–Crippen MR) is 73.9 cm³/mol. The summed E-state index contributed by atoms with van der Waals surface area (Å²) in [7, 11) is 1.34. The number of methoxy groups -OCH3 is 1.